The van der Waals surface area contributed by atoms with Gasteiger partial charge < -0.3 is 25.2 Å². The second-order valence-electron chi connectivity index (χ2n) is 4.50. The predicted molar refractivity (Wildman–Crippen MR) is 68.0 cm³/mol. The van der Waals surface area contributed by atoms with Gasteiger partial charge in [-0.1, -0.05) is 0 Å². The second-order valence-corrected chi connectivity index (χ2v) is 4.50. The number of carboxylic acid groups (broad SMARTS) is 1. The molecule has 114 valence electrons. The van der Waals surface area contributed by atoms with Gasteiger partial charge in [0.1, 0.15) is 6.04 Å². The smallest absolute Gasteiger partial charge is 0.334 e. The number of piperidine rings is 1. The van der Waals surface area contributed by atoms with Crippen molar-refractivity contribution in [2.45, 2.75) is 38.3 Å². The van der Waals surface area contributed by atoms with Gasteiger partial charge in [0.05, 0.1) is 13.2 Å². The van der Waals surface area contributed by atoms with E-state index in [1.165, 1.54) is 4.90 Å². The number of aliphatic carboxylic acids is 1. The average Bonchev–Trinajstić information content (AvgIpc) is 2.44. The highest BCUT2D eigenvalue weighted by molar-refractivity contribution is 5.84. The van der Waals surface area contributed by atoms with Gasteiger partial charge >= 0.3 is 18.0 Å². The lowest BCUT2D eigenvalue weighted by Crippen LogP contribution is -2.53. The number of aliphatic hydroxyl groups excluding tert-OH is 1. The molecule has 2 unspecified atom stereocenters. The van der Waals surface area contributed by atoms with E-state index in [1.54, 1.807) is 6.92 Å². The molecule has 0 aromatic heterocycles. The Labute approximate surface area is 116 Å². The molecule has 0 aromatic rings. The highest BCUT2D eigenvalue weighted by Crippen LogP contribution is 2.18. The summed E-state index contributed by atoms with van der Waals surface area (Å²) in [7, 11) is 0. The Bertz CT molecular complexity index is 373. The number of hydrogen-bond donors (Lipinski definition) is 3. The van der Waals surface area contributed by atoms with E-state index >= 15 is 0 Å². The van der Waals surface area contributed by atoms with Crippen molar-refractivity contribution in [3.05, 3.63) is 0 Å². The number of urea groups is 1. The van der Waals surface area contributed by atoms with E-state index in [-0.39, 0.29) is 6.61 Å². The number of hydrogen-bond acceptors (Lipinski definition) is 5. The van der Waals surface area contributed by atoms with Gasteiger partial charge in [0.15, 0.2) is 6.10 Å². The van der Waals surface area contributed by atoms with Crippen LogP contribution in [0.15, 0.2) is 0 Å². The molecule has 1 aliphatic rings. The molecule has 1 rings (SSSR count). The van der Waals surface area contributed by atoms with Crippen LogP contribution in [0, 0.1) is 0 Å². The second kappa shape index (κ2) is 7.68. The van der Waals surface area contributed by atoms with Gasteiger partial charge in [-0.25, -0.2) is 14.4 Å². The van der Waals surface area contributed by atoms with Crippen LogP contribution >= 0.6 is 0 Å². The molecule has 1 fully saturated rings. The van der Waals surface area contributed by atoms with Gasteiger partial charge in [-0.05, 0) is 26.2 Å². The Kier molecular flexibility index (Phi) is 6.23. The van der Waals surface area contributed by atoms with E-state index < -0.39 is 36.7 Å². The number of rotatable bonds is 5. The summed E-state index contributed by atoms with van der Waals surface area (Å²) in [5.74, 6) is -1.87. The number of esters is 1. The van der Waals surface area contributed by atoms with Gasteiger partial charge in [-0.15, -0.1) is 0 Å². The summed E-state index contributed by atoms with van der Waals surface area (Å²) in [6.07, 6.45) is 0.452. The lowest BCUT2D eigenvalue weighted by atomic mass is 10.0. The topological polar surface area (TPSA) is 116 Å². The monoisotopic (exact) mass is 288 g/mol. The summed E-state index contributed by atoms with van der Waals surface area (Å²) in [5.41, 5.74) is 0. The Balaban J connectivity index is 2.58. The van der Waals surface area contributed by atoms with Crippen LogP contribution in [0.2, 0.25) is 0 Å². The van der Waals surface area contributed by atoms with Crippen molar-refractivity contribution in [3.8, 4) is 0 Å². The lowest BCUT2D eigenvalue weighted by molar-refractivity contribution is -0.150. The van der Waals surface area contributed by atoms with Crippen LogP contribution in [0.25, 0.3) is 0 Å². The van der Waals surface area contributed by atoms with E-state index in [1.807, 2.05) is 0 Å². The summed E-state index contributed by atoms with van der Waals surface area (Å²) in [6.45, 7) is 1.93. The molecule has 1 saturated heterocycles. The fourth-order valence-electron chi connectivity index (χ4n) is 2.03. The maximum atomic E-state index is 11.9. The van der Waals surface area contributed by atoms with Gasteiger partial charge in [0, 0.05) is 6.54 Å². The van der Waals surface area contributed by atoms with Crippen molar-refractivity contribution in [1.82, 2.24) is 10.2 Å². The van der Waals surface area contributed by atoms with E-state index in [2.05, 4.69) is 5.32 Å². The third-order valence-electron chi connectivity index (χ3n) is 3.05. The maximum absolute atomic E-state index is 11.9. The van der Waals surface area contributed by atoms with Crippen LogP contribution < -0.4 is 5.32 Å². The number of likely N-dealkylation sites (tertiary alicyclic amines) is 1. The molecular weight excluding hydrogens is 268 g/mol. The zero-order valence-corrected chi connectivity index (χ0v) is 11.4. The first-order valence-corrected chi connectivity index (χ1v) is 6.59. The first-order chi connectivity index (χ1) is 9.47. The molecule has 0 aliphatic carbocycles. The van der Waals surface area contributed by atoms with Gasteiger partial charge in [0.25, 0.3) is 0 Å². The molecule has 0 spiro atoms. The van der Waals surface area contributed by atoms with Gasteiger partial charge in [0.2, 0.25) is 0 Å². The molecule has 3 N–H and O–H groups in total. The molecule has 1 heterocycles. The molecule has 1 aliphatic heterocycles. The van der Waals surface area contributed by atoms with Gasteiger partial charge in [-0.2, -0.15) is 0 Å². The number of ether oxygens (including phenoxy) is 1. The Hall–Kier alpha value is -1.83. The van der Waals surface area contributed by atoms with Crippen LogP contribution in [0.4, 0.5) is 4.79 Å². The SMILES string of the molecule is CCOC(=O)C1CCCCN1C(=O)NCC(O)C(=O)O. The quantitative estimate of drug-likeness (QED) is 0.590. The molecule has 0 bridgehead atoms. The molecule has 8 nitrogen and oxygen atoms in total. The van der Waals surface area contributed by atoms with Crippen LogP contribution in [-0.4, -0.2) is 64.9 Å². The van der Waals surface area contributed by atoms with Crippen molar-refractivity contribution in [1.29, 1.82) is 0 Å². The van der Waals surface area contributed by atoms with Crippen LogP contribution in [0.5, 0.6) is 0 Å². The highest BCUT2D eigenvalue weighted by atomic mass is 16.5. The summed E-state index contributed by atoms with van der Waals surface area (Å²) in [5, 5.41) is 19.9. The summed E-state index contributed by atoms with van der Waals surface area (Å²) in [4.78, 5) is 35.5. The highest BCUT2D eigenvalue weighted by Gasteiger charge is 2.33. The molecule has 2 atom stereocenters. The Morgan fingerprint density at radius 1 is 1.40 bits per heavy atom. The third-order valence-corrected chi connectivity index (χ3v) is 3.05. The van der Waals surface area contributed by atoms with Crippen molar-refractivity contribution in [2.24, 2.45) is 0 Å². The zero-order chi connectivity index (χ0) is 15.1. The molecule has 0 aromatic carbocycles. The standard InChI is InChI=1S/C12H20N2O6/c1-2-20-11(18)8-5-3-4-6-14(8)12(19)13-7-9(15)10(16)17/h8-9,15H,2-7H2,1H3,(H,13,19)(H,16,17). The first-order valence-electron chi connectivity index (χ1n) is 6.59. The minimum atomic E-state index is -1.66. The number of aliphatic hydroxyl groups is 1. The molecular formula is C12H20N2O6. The lowest BCUT2D eigenvalue weighted by Gasteiger charge is -2.34. The number of nitrogens with zero attached hydrogens (tertiary/aromatic N) is 1. The molecule has 2 amide bonds. The van der Waals surface area contributed by atoms with E-state index in [0.717, 1.165) is 12.8 Å². The number of carboxylic acids is 1. The fraction of sp³-hybridized carbons (Fsp3) is 0.750. The third kappa shape index (κ3) is 4.37. The van der Waals surface area contributed by atoms with Crippen LogP contribution in [0.1, 0.15) is 26.2 Å². The summed E-state index contributed by atoms with van der Waals surface area (Å²) in [6, 6.07) is -1.21. The van der Waals surface area contributed by atoms with Gasteiger partial charge in [-0.3, -0.25) is 0 Å². The van der Waals surface area contributed by atoms with Crippen molar-refractivity contribution < 1.29 is 29.3 Å². The zero-order valence-electron chi connectivity index (χ0n) is 11.4. The number of nitrogens with one attached hydrogen (secondary N) is 1. The fourth-order valence-corrected chi connectivity index (χ4v) is 2.03. The van der Waals surface area contributed by atoms with E-state index in [4.69, 9.17) is 14.9 Å². The molecule has 20 heavy (non-hydrogen) atoms. The van der Waals surface area contributed by atoms with Crippen molar-refractivity contribution in [3.63, 3.8) is 0 Å². The predicted octanol–water partition coefficient (Wildman–Crippen LogP) is -0.441. The first kappa shape index (κ1) is 16.2. The normalized spacial score (nSPS) is 20.1. The van der Waals surface area contributed by atoms with E-state index in [0.29, 0.717) is 13.0 Å². The number of carbonyl (C=O) groups is 3. The van der Waals surface area contributed by atoms with Crippen molar-refractivity contribution >= 4 is 18.0 Å². The molecule has 8 heteroatoms. The van der Waals surface area contributed by atoms with Crippen LogP contribution in [-0.2, 0) is 14.3 Å². The largest absolute Gasteiger partial charge is 0.479 e. The summed E-state index contributed by atoms with van der Waals surface area (Å²) < 4.78 is 4.92. The summed E-state index contributed by atoms with van der Waals surface area (Å²) >= 11 is 0. The Morgan fingerprint density at radius 3 is 2.70 bits per heavy atom. The minimum Gasteiger partial charge on any atom is -0.479 e. The average molecular weight is 288 g/mol. The minimum absolute atomic E-state index is 0.239. The van der Waals surface area contributed by atoms with E-state index in [9.17, 15) is 14.4 Å². The van der Waals surface area contributed by atoms with Crippen LogP contribution in [0.3, 0.4) is 0 Å². The maximum Gasteiger partial charge on any atom is 0.334 e. The number of amides is 2. The Morgan fingerprint density at radius 2 is 2.10 bits per heavy atom. The van der Waals surface area contributed by atoms with Crippen molar-refractivity contribution in [2.75, 3.05) is 19.7 Å². The molecule has 0 saturated carbocycles. The number of carbonyl (C=O) groups excluding carboxylic acids is 2. The molecule has 0 radical (unpaired) electrons.